The third kappa shape index (κ3) is 3.98. The lowest BCUT2D eigenvalue weighted by atomic mass is 9.97. The van der Waals surface area contributed by atoms with E-state index in [4.69, 9.17) is 4.74 Å². The molecule has 0 unspecified atom stereocenters. The van der Waals surface area contributed by atoms with Crippen LogP contribution in [0.25, 0.3) is 10.9 Å². The van der Waals surface area contributed by atoms with Crippen molar-refractivity contribution in [1.29, 1.82) is 0 Å². The normalized spacial score (nSPS) is 14.2. The number of carbonyl (C=O) groups is 1. The molecule has 5 heteroatoms. The van der Waals surface area contributed by atoms with E-state index in [9.17, 15) is 9.59 Å². The minimum absolute atomic E-state index is 0.172. The first-order valence-corrected chi connectivity index (χ1v) is 9.32. The molecule has 0 fully saturated rings. The Kier molecular flexibility index (Phi) is 5.76. The molecule has 0 spiro atoms. The number of carbonyl (C=O) groups excluding carboxylic acids is 1. The number of nitrogens with zero attached hydrogens (tertiary/aromatic N) is 1. The summed E-state index contributed by atoms with van der Waals surface area (Å²) in [5.41, 5.74) is 2.10. The molecule has 1 N–H and O–H groups in total. The zero-order valence-electron chi connectivity index (χ0n) is 15.5. The van der Waals surface area contributed by atoms with Crippen molar-refractivity contribution in [2.24, 2.45) is 7.05 Å². The number of hydrogen-bond donors (Lipinski definition) is 1. The average molecular weight is 354 g/mol. The van der Waals surface area contributed by atoms with Crippen molar-refractivity contribution in [1.82, 2.24) is 9.88 Å². The summed E-state index contributed by atoms with van der Waals surface area (Å²) in [6.45, 7) is 2.99. The van der Waals surface area contributed by atoms with Gasteiger partial charge in [-0.25, -0.2) is 0 Å². The van der Waals surface area contributed by atoms with Crippen molar-refractivity contribution in [3.8, 4) is 5.75 Å². The largest absolute Gasteiger partial charge is 0.494 e. The molecule has 5 nitrogen and oxygen atoms in total. The second-order valence-corrected chi connectivity index (χ2v) is 6.71. The molecule has 0 bridgehead atoms. The van der Waals surface area contributed by atoms with Gasteiger partial charge in [0.1, 0.15) is 11.3 Å². The zero-order valence-corrected chi connectivity index (χ0v) is 15.5. The maximum Gasteiger partial charge on any atom is 0.256 e. The summed E-state index contributed by atoms with van der Waals surface area (Å²) in [4.78, 5) is 25.3. The van der Waals surface area contributed by atoms with Gasteiger partial charge in [-0.15, -0.1) is 0 Å². The minimum atomic E-state index is -0.314. The molecule has 3 rings (SSSR count). The van der Waals surface area contributed by atoms with Crippen LogP contribution >= 0.6 is 0 Å². The molecule has 0 aliphatic heterocycles. The Morgan fingerprint density at radius 3 is 2.88 bits per heavy atom. The van der Waals surface area contributed by atoms with Gasteiger partial charge in [-0.2, -0.15) is 0 Å². The van der Waals surface area contributed by atoms with Crippen LogP contribution in [0.3, 0.4) is 0 Å². The van der Waals surface area contributed by atoms with Gasteiger partial charge in [0, 0.05) is 19.8 Å². The van der Waals surface area contributed by atoms with Crippen LogP contribution in [0, 0.1) is 0 Å². The molecule has 1 amide bonds. The van der Waals surface area contributed by atoms with Gasteiger partial charge >= 0.3 is 0 Å². The molecular formula is C21H26N2O3. The highest BCUT2D eigenvalue weighted by molar-refractivity contribution is 5.97. The Bertz CT molecular complexity index is 896. The van der Waals surface area contributed by atoms with Gasteiger partial charge in [0.2, 0.25) is 5.43 Å². The lowest BCUT2D eigenvalue weighted by molar-refractivity contribution is 0.0952. The van der Waals surface area contributed by atoms with Gasteiger partial charge < -0.3 is 14.6 Å². The number of nitrogens with one attached hydrogen (secondary N) is 1. The summed E-state index contributed by atoms with van der Waals surface area (Å²) < 4.78 is 7.30. The number of aromatic nitrogens is 1. The predicted molar refractivity (Wildman–Crippen MR) is 104 cm³/mol. The molecule has 1 aromatic heterocycles. The number of pyridine rings is 1. The summed E-state index contributed by atoms with van der Waals surface area (Å²) >= 11 is 0. The summed E-state index contributed by atoms with van der Waals surface area (Å²) in [6.07, 6.45) is 9.48. The molecule has 1 aliphatic carbocycles. The molecule has 1 heterocycles. The van der Waals surface area contributed by atoms with Crippen LogP contribution in [-0.2, 0) is 7.05 Å². The van der Waals surface area contributed by atoms with Gasteiger partial charge in [-0.05, 0) is 57.2 Å². The standard InChI is InChI=1S/C21H26N2O3/c1-3-26-16-9-10-19-17(13-16)20(24)18(14-23(19)2)21(25)22-12-11-15-7-5-4-6-8-15/h7,9-10,13-14H,3-6,8,11-12H2,1-2H3,(H,22,25). The smallest absolute Gasteiger partial charge is 0.256 e. The van der Waals surface area contributed by atoms with Crippen molar-refractivity contribution >= 4 is 16.8 Å². The first-order valence-electron chi connectivity index (χ1n) is 9.32. The molecule has 2 aromatic rings. The maximum absolute atomic E-state index is 12.8. The molecule has 26 heavy (non-hydrogen) atoms. The van der Waals surface area contributed by atoms with E-state index in [2.05, 4.69) is 11.4 Å². The summed E-state index contributed by atoms with van der Waals surface area (Å²) in [7, 11) is 1.84. The van der Waals surface area contributed by atoms with Crippen molar-refractivity contribution in [3.63, 3.8) is 0 Å². The number of rotatable bonds is 6. The van der Waals surface area contributed by atoms with Crippen molar-refractivity contribution in [3.05, 3.63) is 51.8 Å². The van der Waals surface area contributed by atoms with E-state index < -0.39 is 0 Å². The molecule has 0 saturated carbocycles. The number of aryl methyl sites for hydroxylation is 1. The Morgan fingerprint density at radius 1 is 1.31 bits per heavy atom. The Balaban J connectivity index is 1.79. The Hall–Kier alpha value is -2.56. The summed E-state index contributed by atoms with van der Waals surface area (Å²) in [5.74, 6) is 0.324. The number of amides is 1. The number of benzene rings is 1. The van der Waals surface area contributed by atoms with Gasteiger partial charge in [0.15, 0.2) is 0 Å². The Labute approximate surface area is 153 Å². The maximum atomic E-state index is 12.8. The molecule has 1 aromatic carbocycles. The molecule has 0 saturated heterocycles. The van der Waals surface area contributed by atoms with Crippen LogP contribution in [0.15, 0.2) is 40.8 Å². The predicted octanol–water partition coefficient (Wildman–Crippen LogP) is 3.56. The Morgan fingerprint density at radius 2 is 2.15 bits per heavy atom. The van der Waals surface area contributed by atoms with Crippen LogP contribution < -0.4 is 15.5 Å². The highest BCUT2D eigenvalue weighted by Gasteiger charge is 2.15. The third-order valence-electron chi connectivity index (χ3n) is 4.83. The van der Waals surface area contributed by atoms with Gasteiger partial charge in [0.25, 0.3) is 5.91 Å². The number of hydrogen-bond acceptors (Lipinski definition) is 3. The SMILES string of the molecule is CCOc1ccc2c(c1)c(=O)c(C(=O)NCCC1=CCCCC1)cn2C. The van der Waals surface area contributed by atoms with E-state index in [0.717, 1.165) is 24.8 Å². The minimum Gasteiger partial charge on any atom is -0.494 e. The lowest BCUT2D eigenvalue weighted by Crippen LogP contribution is -2.30. The van der Waals surface area contributed by atoms with Gasteiger partial charge in [-0.3, -0.25) is 9.59 Å². The fourth-order valence-electron chi connectivity index (χ4n) is 3.45. The first kappa shape index (κ1) is 18.2. The molecule has 138 valence electrons. The second kappa shape index (κ2) is 8.21. The van der Waals surface area contributed by atoms with Crippen LogP contribution in [0.5, 0.6) is 5.75 Å². The van der Waals surface area contributed by atoms with Crippen molar-refractivity contribution in [2.45, 2.75) is 39.0 Å². The van der Waals surface area contributed by atoms with E-state index in [-0.39, 0.29) is 16.9 Å². The van der Waals surface area contributed by atoms with E-state index in [1.54, 1.807) is 12.3 Å². The fraction of sp³-hybridized carbons (Fsp3) is 0.429. The topological polar surface area (TPSA) is 60.3 Å². The van der Waals surface area contributed by atoms with Gasteiger partial charge in [-0.1, -0.05) is 11.6 Å². The zero-order chi connectivity index (χ0) is 18.5. The quantitative estimate of drug-likeness (QED) is 0.807. The van der Waals surface area contributed by atoms with Crippen molar-refractivity contribution in [2.75, 3.05) is 13.2 Å². The fourth-order valence-corrected chi connectivity index (χ4v) is 3.45. The highest BCUT2D eigenvalue weighted by Crippen LogP contribution is 2.20. The average Bonchev–Trinajstić information content (AvgIpc) is 2.65. The van der Waals surface area contributed by atoms with Crippen LogP contribution in [0.4, 0.5) is 0 Å². The first-order chi connectivity index (χ1) is 12.6. The van der Waals surface area contributed by atoms with Crippen molar-refractivity contribution < 1.29 is 9.53 Å². The van der Waals surface area contributed by atoms with Crippen LogP contribution in [0.2, 0.25) is 0 Å². The molecule has 0 atom stereocenters. The molecule has 1 aliphatic rings. The van der Waals surface area contributed by atoms with E-state index >= 15 is 0 Å². The molecule has 0 radical (unpaired) electrons. The van der Waals surface area contributed by atoms with Gasteiger partial charge in [0.05, 0.1) is 17.5 Å². The summed E-state index contributed by atoms with van der Waals surface area (Å²) in [5, 5.41) is 3.40. The van der Waals surface area contributed by atoms with E-state index in [1.807, 2.05) is 30.7 Å². The molecular weight excluding hydrogens is 328 g/mol. The third-order valence-corrected chi connectivity index (χ3v) is 4.83. The second-order valence-electron chi connectivity index (χ2n) is 6.71. The van der Waals surface area contributed by atoms with E-state index in [1.165, 1.54) is 18.4 Å². The number of allylic oxidation sites excluding steroid dienone is 1. The monoisotopic (exact) mass is 354 g/mol. The number of ether oxygens (including phenoxy) is 1. The highest BCUT2D eigenvalue weighted by atomic mass is 16.5. The van der Waals surface area contributed by atoms with Crippen LogP contribution in [-0.4, -0.2) is 23.6 Å². The van der Waals surface area contributed by atoms with E-state index in [0.29, 0.717) is 24.3 Å². The number of fused-ring (bicyclic) bond motifs is 1. The van der Waals surface area contributed by atoms with Crippen LogP contribution in [0.1, 0.15) is 49.4 Å². The lowest BCUT2D eigenvalue weighted by Gasteiger charge is -2.13. The summed E-state index contributed by atoms with van der Waals surface area (Å²) in [6, 6.07) is 5.40.